The first-order valence-corrected chi connectivity index (χ1v) is 8.01. The van der Waals surface area contributed by atoms with Crippen LogP contribution >= 0.6 is 15.9 Å². The number of hydrogen-bond donors (Lipinski definition) is 2. The Labute approximate surface area is 127 Å². The number of carbonyl (C=O) groups excluding carboxylic acids is 1. The SMILES string of the molecule is Nc1c(Br)cccc1NC[C@@H]1CCN(C(=O)C2CC2)C1. The number of rotatable bonds is 4. The fraction of sp³-hybridized carbons (Fsp3) is 0.533. The van der Waals surface area contributed by atoms with Crippen LogP contribution in [0, 0.1) is 11.8 Å². The molecule has 4 nitrogen and oxygen atoms in total. The van der Waals surface area contributed by atoms with E-state index in [1.807, 2.05) is 23.1 Å². The maximum atomic E-state index is 12.0. The van der Waals surface area contributed by atoms with Crippen LogP contribution in [0.25, 0.3) is 0 Å². The van der Waals surface area contributed by atoms with Gasteiger partial charge in [-0.25, -0.2) is 0 Å². The number of nitrogens with zero attached hydrogens (tertiary/aromatic N) is 1. The van der Waals surface area contributed by atoms with Crippen LogP contribution in [0.5, 0.6) is 0 Å². The highest BCUT2D eigenvalue weighted by atomic mass is 79.9. The molecule has 108 valence electrons. The van der Waals surface area contributed by atoms with E-state index in [0.717, 1.165) is 54.7 Å². The van der Waals surface area contributed by atoms with E-state index in [2.05, 4.69) is 21.2 Å². The van der Waals surface area contributed by atoms with Gasteiger partial charge >= 0.3 is 0 Å². The second kappa shape index (κ2) is 5.64. The predicted octanol–water partition coefficient (Wildman–Crippen LogP) is 2.70. The normalized spacial score (nSPS) is 22.1. The zero-order valence-electron chi connectivity index (χ0n) is 11.4. The zero-order valence-corrected chi connectivity index (χ0v) is 13.0. The first kappa shape index (κ1) is 13.7. The summed E-state index contributed by atoms with van der Waals surface area (Å²) >= 11 is 3.43. The van der Waals surface area contributed by atoms with E-state index < -0.39 is 0 Å². The third kappa shape index (κ3) is 2.92. The van der Waals surface area contributed by atoms with Gasteiger partial charge in [-0.2, -0.15) is 0 Å². The van der Waals surface area contributed by atoms with Crippen molar-refractivity contribution in [2.75, 3.05) is 30.7 Å². The lowest BCUT2D eigenvalue weighted by Gasteiger charge is -2.17. The Balaban J connectivity index is 1.52. The number of nitrogens with one attached hydrogen (secondary N) is 1. The molecule has 1 saturated heterocycles. The Morgan fingerprint density at radius 1 is 1.40 bits per heavy atom. The first-order valence-electron chi connectivity index (χ1n) is 7.22. The van der Waals surface area contributed by atoms with Gasteiger partial charge in [-0.05, 0) is 53.2 Å². The van der Waals surface area contributed by atoms with Crippen LogP contribution in [-0.2, 0) is 4.79 Å². The van der Waals surface area contributed by atoms with Crippen molar-refractivity contribution in [2.24, 2.45) is 11.8 Å². The van der Waals surface area contributed by atoms with E-state index in [1.165, 1.54) is 0 Å². The molecule has 0 radical (unpaired) electrons. The third-order valence-corrected chi connectivity index (χ3v) is 4.85. The van der Waals surface area contributed by atoms with Crippen molar-refractivity contribution in [1.29, 1.82) is 0 Å². The van der Waals surface area contributed by atoms with Gasteiger partial charge in [-0.1, -0.05) is 6.07 Å². The van der Waals surface area contributed by atoms with E-state index in [4.69, 9.17) is 5.73 Å². The lowest BCUT2D eigenvalue weighted by atomic mass is 10.1. The number of para-hydroxylation sites is 1. The molecule has 1 aliphatic heterocycles. The van der Waals surface area contributed by atoms with E-state index in [-0.39, 0.29) is 0 Å². The summed E-state index contributed by atoms with van der Waals surface area (Å²) in [6, 6.07) is 5.90. The topological polar surface area (TPSA) is 58.4 Å². The van der Waals surface area contributed by atoms with Crippen molar-refractivity contribution in [3.8, 4) is 0 Å². The summed E-state index contributed by atoms with van der Waals surface area (Å²) in [7, 11) is 0. The average molecular weight is 338 g/mol. The third-order valence-electron chi connectivity index (χ3n) is 4.16. The summed E-state index contributed by atoms with van der Waals surface area (Å²) in [4.78, 5) is 14.0. The lowest BCUT2D eigenvalue weighted by molar-refractivity contribution is -0.131. The fourth-order valence-corrected chi connectivity index (χ4v) is 3.10. The van der Waals surface area contributed by atoms with Gasteiger partial charge in [0.2, 0.25) is 5.91 Å². The van der Waals surface area contributed by atoms with Crippen molar-refractivity contribution < 1.29 is 4.79 Å². The molecule has 3 rings (SSSR count). The fourth-order valence-electron chi connectivity index (χ4n) is 2.73. The molecule has 1 heterocycles. The number of amides is 1. The molecule has 0 aromatic heterocycles. The van der Waals surface area contributed by atoms with Crippen molar-refractivity contribution in [3.05, 3.63) is 22.7 Å². The molecule has 1 aromatic carbocycles. The van der Waals surface area contributed by atoms with Gasteiger partial charge in [0.15, 0.2) is 0 Å². The van der Waals surface area contributed by atoms with E-state index in [0.29, 0.717) is 17.7 Å². The molecule has 0 spiro atoms. The zero-order chi connectivity index (χ0) is 14.1. The molecule has 1 atom stereocenters. The van der Waals surface area contributed by atoms with Gasteiger partial charge in [0, 0.05) is 30.0 Å². The molecular formula is C15H20BrN3O. The summed E-state index contributed by atoms with van der Waals surface area (Å²) < 4.78 is 0.916. The standard InChI is InChI=1S/C15H20BrN3O/c16-12-2-1-3-13(14(12)17)18-8-10-6-7-19(9-10)15(20)11-4-5-11/h1-3,10-11,18H,4-9,17H2/t10-/m0/s1. The number of benzene rings is 1. The number of nitrogens with two attached hydrogens (primary N) is 1. The smallest absolute Gasteiger partial charge is 0.225 e. The molecule has 2 aliphatic rings. The summed E-state index contributed by atoms with van der Waals surface area (Å²) in [6.07, 6.45) is 3.26. The highest BCUT2D eigenvalue weighted by molar-refractivity contribution is 9.10. The highest BCUT2D eigenvalue weighted by Crippen LogP contribution is 2.33. The molecule has 20 heavy (non-hydrogen) atoms. The van der Waals surface area contributed by atoms with Crippen LogP contribution in [0.4, 0.5) is 11.4 Å². The number of hydrogen-bond acceptors (Lipinski definition) is 3. The Hall–Kier alpha value is -1.23. The van der Waals surface area contributed by atoms with Crippen molar-refractivity contribution in [2.45, 2.75) is 19.3 Å². The minimum Gasteiger partial charge on any atom is -0.396 e. The van der Waals surface area contributed by atoms with Gasteiger partial charge in [-0.3, -0.25) is 4.79 Å². The second-order valence-electron chi connectivity index (χ2n) is 5.80. The van der Waals surface area contributed by atoms with Gasteiger partial charge < -0.3 is 16.0 Å². The summed E-state index contributed by atoms with van der Waals surface area (Å²) in [5.41, 5.74) is 7.73. The molecule has 1 aromatic rings. The number of halogens is 1. The molecule has 1 saturated carbocycles. The van der Waals surface area contributed by atoms with Gasteiger partial charge in [0.1, 0.15) is 0 Å². The number of anilines is 2. The predicted molar refractivity (Wildman–Crippen MR) is 84.5 cm³/mol. The molecule has 1 aliphatic carbocycles. The van der Waals surface area contributed by atoms with Gasteiger partial charge in [-0.15, -0.1) is 0 Å². The molecule has 3 N–H and O–H groups in total. The van der Waals surface area contributed by atoms with Crippen LogP contribution in [-0.4, -0.2) is 30.4 Å². The monoisotopic (exact) mass is 337 g/mol. The largest absolute Gasteiger partial charge is 0.396 e. The minimum atomic E-state index is 0.336. The average Bonchev–Trinajstić information content (AvgIpc) is 3.18. The first-order chi connectivity index (χ1) is 9.65. The molecule has 1 amide bonds. The van der Waals surface area contributed by atoms with Crippen LogP contribution in [0.2, 0.25) is 0 Å². The van der Waals surface area contributed by atoms with Crippen LogP contribution in [0.15, 0.2) is 22.7 Å². The van der Waals surface area contributed by atoms with Gasteiger partial charge in [0.05, 0.1) is 11.4 Å². The molecule has 0 bridgehead atoms. The Morgan fingerprint density at radius 3 is 2.95 bits per heavy atom. The number of carbonyl (C=O) groups is 1. The van der Waals surface area contributed by atoms with Crippen LogP contribution in [0.3, 0.4) is 0 Å². The Kier molecular flexibility index (Phi) is 3.87. The van der Waals surface area contributed by atoms with Crippen molar-refractivity contribution >= 4 is 33.2 Å². The molecular weight excluding hydrogens is 318 g/mol. The van der Waals surface area contributed by atoms with Gasteiger partial charge in [0.25, 0.3) is 0 Å². The van der Waals surface area contributed by atoms with Crippen LogP contribution < -0.4 is 11.1 Å². The maximum Gasteiger partial charge on any atom is 0.225 e. The quantitative estimate of drug-likeness (QED) is 0.830. The Morgan fingerprint density at radius 2 is 2.20 bits per heavy atom. The minimum absolute atomic E-state index is 0.336. The maximum absolute atomic E-state index is 12.0. The lowest BCUT2D eigenvalue weighted by Crippen LogP contribution is -2.30. The summed E-state index contributed by atoms with van der Waals surface area (Å²) in [5, 5.41) is 3.41. The molecule has 0 unspecified atom stereocenters. The Bertz CT molecular complexity index is 516. The van der Waals surface area contributed by atoms with E-state index in [9.17, 15) is 4.79 Å². The number of nitrogen functional groups attached to an aromatic ring is 1. The van der Waals surface area contributed by atoms with Crippen LogP contribution in [0.1, 0.15) is 19.3 Å². The van der Waals surface area contributed by atoms with Crippen molar-refractivity contribution in [3.63, 3.8) is 0 Å². The number of likely N-dealkylation sites (tertiary alicyclic amines) is 1. The molecule has 2 fully saturated rings. The van der Waals surface area contributed by atoms with E-state index in [1.54, 1.807) is 0 Å². The second-order valence-corrected chi connectivity index (χ2v) is 6.65. The summed E-state index contributed by atoms with van der Waals surface area (Å²) in [5.74, 6) is 1.23. The highest BCUT2D eigenvalue weighted by Gasteiger charge is 2.36. The van der Waals surface area contributed by atoms with E-state index >= 15 is 0 Å². The summed E-state index contributed by atoms with van der Waals surface area (Å²) in [6.45, 7) is 2.67. The molecule has 5 heteroatoms. The van der Waals surface area contributed by atoms with Crippen molar-refractivity contribution in [1.82, 2.24) is 4.90 Å².